The molecule has 5 nitrogen and oxygen atoms in total. The molecule has 170 valence electrons. The summed E-state index contributed by atoms with van der Waals surface area (Å²) in [6, 6.07) is 20.5. The van der Waals surface area contributed by atoms with Crippen LogP contribution in [0.25, 0.3) is 0 Å². The molecule has 2 aromatic carbocycles. The van der Waals surface area contributed by atoms with Gasteiger partial charge in [0.2, 0.25) is 0 Å². The van der Waals surface area contributed by atoms with E-state index >= 15 is 0 Å². The highest BCUT2D eigenvalue weighted by atomic mass is 32.2. The molecule has 1 aliphatic heterocycles. The Morgan fingerprint density at radius 1 is 0.871 bits per heavy atom. The van der Waals surface area contributed by atoms with Crippen molar-refractivity contribution in [2.24, 2.45) is 0 Å². The van der Waals surface area contributed by atoms with Crippen LogP contribution in [-0.2, 0) is 9.16 Å². The van der Waals surface area contributed by atoms with E-state index < -0.39 is 38.2 Å². The third-order valence-electron chi connectivity index (χ3n) is 5.88. The van der Waals surface area contributed by atoms with E-state index in [0.29, 0.717) is 0 Å². The van der Waals surface area contributed by atoms with Gasteiger partial charge in [0.15, 0.2) is 0 Å². The maximum absolute atomic E-state index is 10.6. The fourth-order valence-corrected chi connectivity index (χ4v) is 9.80. The van der Waals surface area contributed by atoms with E-state index in [0.717, 1.165) is 16.1 Å². The van der Waals surface area contributed by atoms with Crippen LogP contribution in [0.3, 0.4) is 0 Å². The third-order valence-corrected chi connectivity index (χ3v) is 11.9. The predicted molar refractivity (Wildman–Crippen MR) is 128 cm³/mol. The van der Waals surface area contributed by atoms with Crippen LogP contribution in [0.1, 0.15) is 27.7 Å². The first-order chi connectivity index (χ1) is 14.7. The number of hydrogen-bond donors (Lipinski definition) is 3. The number of aliphatic hydroxyl groups is 3. The van der Waals surface area contributed by atoms with Gasteiger partial charge >= 0.3 is 0 Å². The molecule has 1 aliphatic rings. The first kappa shape index (κ1) is 24.4. The molecule has 0 aromatic heterocycles. The Morgan fingerprint density at radius 2 is 1.39 bits per heavy atom. The average molecular weight is 463 g/mol. The van der Waals surface area contributed by atoms with E-state index in [2.05, 4.69) is 45.0 Å². The number of thioether (sulfide) groups is 1. The van der Waals surface area contributed by atoms with E-state index in [9.17, 15) is 15.3 Å². The molecule has 1 heterocycles. The summed E-state index contributed by atoms with van der Waals surface area (Å²) in [6.45, 7) is 8.65. The summed E-state index contributed by atoms with van der Waals surface area (Å²) in [5.41, 5.74) is -0.601. The van der Waals surface area contributed by atoms with Gasteiger partial charge in [-0.25, -0.2) is 0 Å². The molecule has 0 unspecified atom stereocenters. The summed E-state index contributed by atoms with van der Waals surface area (Å²) in [5, 5.41) is 33.4. The molecular weight excluding hydrogens is 428 g/mol. The van der Waals surface area contributed by atoms with Crippen molar-refractivity contribution in [3.8, 4) is 0 Å². The van der Waals surface area contributed by atoms with Gasteiger partial charge in [-0.2, -0.15) is 0 Å². The van der Waals surface area contributed by atoms with Gasteiger partial charge in [-0.15, -0.1) is 11.8 Å². The Kier molecular flexibility index (Phi) is 8.02. The fourth-order valence-electron chi connectivity index (χ4n) is 4.32. The van der Waals surface area contributed by atoms with Gasteiger partial charge in [0.1, 0.15) is 29.9 Å². The Morgan fingerprint density at radius 3 is 1.84 bits per heavy atom. The topological polar surface area (TPSA) is 79.2 Å². The Hall–Kier alpha value is -1.19. The first-order valence-electron chi connectivity index (χ1n) is 10.8. The minimum Gasteiger partial charge on any atom is -0.405 e. The van der Waals surface area contributed by atoms with Crippen molar-refractivity contribution in [2.45, 2.75) is 62.6 Å². The zero-order chi connectivity index (χ0) is 22.6. The summed E-state index contributed by atoms with van der Waals surface area (Å²) in [5.74, 6) is 0.729. The van der Waals surface area contributed by atoms with Crippen LogP contribution in [0.4, 0.5) is 0 Å². The van der Waals surface area contributed by atoms with Crippen molar-refractivity contribution in [1.82, 2.24) is 0 Å². The van der Waals surface area contributed by atoms with Crippen molar-refractivity contribution in [3.63, 3.8) is 0 Å². The molecule has 3 N–H and O–H groups in total. The summed E-state index contributed by atoms with van der Waals surface area (Å²) in [4.78, 5) is 0. The largest absolute Gasteiger partial charge is 0.405 e. The second-order valence-electron chi connectivity index (χ2n) is 8.94. The van der Waals surface area contributed by atoms with E-state index in [1.165, 1.54) is 11.8 Å². The van der Waals surface area contributed by atoms with Crippen LogP contribution in [0.5, 0.6) is 0 Å². The SMILES string of the molecule is CCS[C@@H]1O[C@@H](CO[Si](c2ccccc2)(c2ccccc2)C(C)(C)C)[C@H](O)[C@@H](O)[C@H]1O. The van der Waals surface area contributed by atoms with E-state index in [1.807, 2.05) is 43.3 Å². The Balaban J connectivity index is 1.98. The minimum atomic E-state index is -2.78. The molecular formula is C24H34O5SSi. The zero-order valence-electron chi connectivity index (χ0n) is 18.6. The lowest BCUT2D eigenvalue weighted by Crippen LogP contribution is -2.68. The van der Waals surface area contributed by atoms with Gasteiger partial charge < -0.3 is 24.5 Å². The maximum Gasteiger partial charge on any atom is 0.261 e. The van der Waals surface area contributed by atoms with E-state index in [4.69, 9.17) is 9.16 Å². The number of hydrogen-bond acceptors (Lipinski definition) is 6. The second kappa shape index (κ2) is 10.2. The number of ether oxygens (including phenoxy) is 1. The van der Waals surface area contributed by atoms with Crippen molar-refractivity contribution in [3.05, 3.63) is 60.7 Å². The van der Waals surface area contributed by atoms with Crippen molar-refractivity contribution in [1.29, 1.82) is 0 Å². The predicted octanol–water partition coefficient (Wildman–Crippen LogP) is 2.12. The maximum atomic E-state index is 10.6. The van der Waals surface area contributed by atoms with Crippen LogP contribution >= 0.6 is 11.8 Å². The molecule has 3 rings (SSSR count). The van der Waals surface area contributed by atoms with Crippen LogP contribution in [-0.4, -0.2) is 65.8 Å². The Bertz CT molecular complexity index is 774. The first-order valence-corrected chi connectivity index (χ1v) is 13.7. The van der Waals surface area contributed by atoms with Crippen molar-refractivity contribution in [2.75, 3.05) is 12.4 Å². The van der Waals surface area contributed by atoms with Gasteiger partial charge in [-0.3, -0.25) is 0 Å². The molecule has 1 fully saturated rings. The molecule has 5 atom stereocenters. The molecule has 0 bridgehead atoms. The normalized spacial score (nSPS) is 27.3. The quantitative estimate of drug-likeness (QED) is 0.547. The fraction of sp³-hybridized carbons (Fsp3) is 0.500. The van der Waals surface area contributed by atoms with Gasteiger partial charge in [0, 0.05) is 0 Å². The molecule has 0 spiro atoms. The molecule has 7 heteroatoms. The molecule has 0 saturated carbocycles. The summed E-state index contributed by atoms with van der Waals surface area (Å²) >= 11 is 1.41. The van der Waals surface area contributed by atoms with E-state index in [-0.39, 0.29) is 11.6 Å². The third kappa shape index (κ3) is 4.93. The van der Waals surface area contributed by atoms with E-state index in [1.54, 1.807) is 0 Å². The average Bonchev–Trinajstić information content (AvgIpc) is 2.76. The zero-order valence-corrected chi connectivity index (χ0v) is 20.5. The lowest BCUT2D eigenvalue weighted by atomic mass is 10.0. The summed E-state index contributed by atoms with van der Waals surface area (Å²) in [6.07, 6.45) is -4.36. The molecule has 0 radical (unpaired) electrons. The van der Waals surface area contributed by atoms with Gasteiger partial charge in [-0.1, -0.05) is 88.4 Å². The lowest BCUT2D eigenvalue weighted by Gasteiger charge is -2.45. The number of benzene rings is 2. The van der Waals surface area contributed by atoms with Crippen molar-refractivity contribution >= 4 is 30.5 Å². The monoisotopic (exact) mass is 462 g/mol. The van der Waals surface area contributed by atoms with Crippen LogP contribution in [0.2, 0.25) is 5.04 Å². The minimum absolute atomic E-state index is 0.124. The standard InChI is InChI=1S/C24H34O5SSi/c1-5-30-23-22(27)21(26)20(25)19(29-23)16-28-31(24(2,3)4,17-12-8-6-9-13-17)18-14-10-7-11-15-18/h6-15,19-23,25-27H,5,16H2,1-4H3/t19-,20-,21+,22+,23-/m0/s1. The van der Waals surface area contributed by atoms with Gasteiger partial charge in [0.05, 0.1) is 6.61 Å². The summed E-state index contributed by atoms with van der Waals surface area (Å²) in [7, 11) is -2.78. The number of aliphatic hydroxyl groups excluding tert-OH is 3. The molecule has 0 aliphatic carbocycles. The highest BCUT2D eigenvalue weighted by molar-refractivity contribution is 7.99. The molecule has 31 heavy (non-hydrogen) atoms. The van der Waals surface area contributed by atoms with Gasteiger partial charge in [0.25, 0.3) is 8.32 Å². The summed E-state index contributed by atoms with van der Waals surface area (Å²) < 4.78 is 12.8. The molecule has 0 amide bonds. The lowest BCUT2D eigenvalue weighted by molar-refractivity contribution is -0.204. The van der Waals surface area contributed by atoms with Crippen molar-refractivity contribution < 1.29 is 24.5 Å². The number of rotatable bonds is 7. The van der Waals surface area contributed by atoms with Crippen LogP contribution in [0, 0.1) is 0 Å². The smallest absolute Gasteiger partial charge is 0.261 e. The highest BCUT2D eigenvalue weighted by Crippen LogP contribution is 2.37. The van der Waals surface area contributed by atoms with Crippen LogP contribution in [0.15, 0.2) is 60.7 Å². The highest BCUT2D eigenvalue weighted by Gasteiger charge is 2.52. The van der Waals surface area contributed by atoms with Gasteiger partial charge in [-0.05, 0) is 21.2 Å². The Labute approximate surface area is 190 Å². The van der Waals surface area contributed by atoms with Crippen LogP contribution < -0.4 is 10.4 Å². The molecule has 1 saturated heterocycles. The second-order valence-corrected chi connectivity index (χ2v) is 14.6. The molecule has 2 aromatic rings.